The number of rotatable bonds is 5. The molecule has 1 aliphatic carbocycles. The van der Waals surface area contributed by atoms with Crippen molar-refractivity contribution in [3.8, 4) is 11.8 Å². The Kier molecular flexibility index (Phi) is 5.04. The Morgan fingerprint density at radius 2 is 2.23 bits per heavy atom. The Morgan fingerprint density at radius 1 is 1.55 bits per heavy atom. The second kappa shape index (κ2) is 6.80. The van der Waals surface area contributed by atoms with Crippen LogP contribution in [-0.2, 0) is 4.79 Å². The van der Waals surface area contributed by atoms with Crippen molar-refractivity contribution in [1.29, 1.82) is 5.26 Å². The maximum atomic E-state index is 12.3. The molecule has 118 valence electrons. The van der Waals surface area contributed by atoms with E-state index in [1.165, 1.54) is 0 Å². The van der Waals surface area contributed by atoms with E-state index in [9.17, 15) is 9.90 Å². The first kappa shape index (κ1) is 16.3. The van der Waals surface area contributed by atoms with E-state index < -0.39 is 6.10 Å². The summed E-state index contributed by atoms with van der Waals surface area (Å²) in [6, 6.07) is 8.68. The molecule has 3 atom stereocenters. The molecule has 5 nitrogen and oxygen atoms in total. The predicted molar refractivity (Wildman–Crippen MR) is 82.2 cm³/mol. The third-order valence-electron chi connectivity index (χ3n) is 4.43. The summed E-state index contributed by atoms with van der Waals surface area (Å²) in [6.07, 6.45) is 2.18. The van der Waals surface area contributed by atoms with Crippen molar-refractivity contribution in [2.24, 2.45) is 5.41 Å². The van der Waals surface area contributed by atoms with Crippen molar-refractivity contribution in [1.82, 2.24) is 5.32 Å². The SMILES string of the molecule is CC(Oc1ccc(C#N)cc1)C(=O)NC1CCCC1(C)CO. The molecule has 0 aliphatic heterocycles. The topological polar surface area (TPSA) is 82.3 Å². The highest BCUT2D eigenvalue weighted by atomic mass is 16.5. The lowest BCUT2D eigenvalue weighted by atomic mass is 9.85. The third kappa shape index (κ3) is 3.58. The predicted octanol–water partition coefficient (Wildman–Crippen LogP) is 1.99. The van der Waals surface area contributed by atoms with Gasteiger partial charge in [0.05, 0.1) is 18.2 Å². The molecule has 0 radical (unpaired) electrons. The van der Waals surface area contributed by atoms with Gasteiger partial charge in [0.1, 0.15) is 5.75 Å². The van der Waals surface area contributed by atoms with E-state index in [1.807, 2.05) is 13.0 Å². The summed E-state index contributed by atoms with van der Waals surface area (Å²) in [7, 11) is 0. The minimum absolute atomic E-state index is 0.0167. The van der Waals surface area contributed by atoms with Crippen LogP contribution in [0.2, 0.25) is 0 Å². The molecule has 0 heterocycles. The van der Waals surface area contributed by atoms with Gasteiger partial charge in [-0.25, -0.2) is 0 Å². The third-order valence-corrected chi connectivity index (χ3v) is 4.43. The van der Waals surface area contributed by atoms with Crippen LogP contribution in [0, 0.1) is 16.7 Å². The number of nitrogens with one attached hydrogen (secondary N) is 1. The maximum Gasteiger partial charge on any atom is 0.261 e. The van der Waals surface area contributed by atoms with E-state index >= 15 is 0 Å². The van der Waals surface area contributed by atoms with Gasteiger partial charge in [0, 0.05) is 11.5 Å². The van der Waals surface area contributed by atoms with Gasteiger partial charge < -0.3 is 15.2 Å². The number of aliphatic hydroxyl groups is 1. The van der Waals surface area contributed by atoms with Crippen molar-refractivity contribution in [2.75, 3.05) is 6.61 Å². The van der Waals surface area contributed by atoms with Crippen LogP contribution in [0.3, 0.4) is 0 Å². The molecule has 1 fully saturated rings. The quantitative estimate of drug-likeness (QED) is 0.871. The van der Waals surface area contributed by atoms with Crippen LogP contribution in [0.1, 0.15) is 38.7 Å². The van der Waals surface area contributed by atoms with Gasteiger partial charge in [0.15, 0.2) is 6.10 Å². The Labute approximate surface area is 130 Å². The van der Waals surface area contributed by atoms with Gasteiger partial charge in [-0.05, 0) is 44.0 Å². The molecular formula is C17H22N2O3. The van der Waals surface area contributed by atoms with Gasteiger partial charge in [-0.1, -0.05) is 13.3 Å². The number of nitrogens with zero attached hydrogens (tertiary/aromatic N) is 1. The summed E-state index contributed by atoms with van der Waals surface area (Å²) in [6.45, 7) is 3.76. The first-order valence-electron chi connectivity index (χ1n) is 7.56. The Hall–Kier alpha value is -2.06. The van der Waals surface area contributed by atoms with Gasteiger partial charge in [0.2, 0.25) is 0 Å². The zero-order valence-corrected chi connectivity index (χ0v) is 13.0. The van der Waals surface area contributed by atoms with Gasteiger partial charge in [-0.15, -0.1) is 0 Å². The lowest BCUT2D eigenvalue weighted by Crippen LogP contribution is -2.48. The van der Waals surface area contributed by atoms with Crippen molar-refractivity contribution >= 4 is 5.91 Å². The highest BCUT2D eigenvalue weighted by Gasteiger charge is 2.39. The number of nitriles is 1. The normalized spacial score (nSPS) is 25.3. The number of hydrogen-bond donors (Lipinski definition) is 2. The number of amides is 1. The lowest BCUT2D eigenvalue weighted by Gasteiger charge is -2.31. The zero-order valence-electron chi connectivity index (χ0n) is 13.0. The minimum atomic E-state index is -0.628. The van der Waals surface area contributed by atoms with Crippen LogP contribution in [0.25, 0.3) is 0 Å². The summed E-state index contributed by atoms with van der Waals surface area (Å²) in [5.41, 5.74) is 0.304. The smallest absolute Gasteiger partial charge is 0.261 e. The fourth-order valence-electron chi connectivity index (χ4n) is 2.82. The van der Waals surface area contributed by atoms with Crippen LogP contribution in [0.4, 0.5) is 0 Å². The average molecular weight is 302 g/mol. The Bertz CT molecular complexity index is 564. The van der Waals surface area contributed by atoms with Crippen molar-refractivity contribution in [3.63, 3.8) is 0 Å². The molecule has 0 bridgehead atoms. The molecule has 5 heteroatoms. The molecule has 1 saturated carbocycles. The van der Waals surface area contributed by atoms with E-state index in [4.69, 9.17) is 10.00 Å². The number of ether oxygens (including phenoxy) is 1. The van der Waals surface area contributed by atoms with E-state index in [2.05, 4.69) is 5.32 Å². The molecule has 1 aliphatic rings. The largest absolute Gasteiger partial charge is 0.481 e. The highest BCUT2D eigenvalue weighted by Crippen LogP contribution is 2.37. The minimum Gasteiger partial charge on any atom is -0.481 e. The molecule has 0 saturated heterocycles. The van der Waals surface area contributed by atoms with Crippen LogP contribution in [0.5, 0.6) is 5.75 Å². The summed E-state index contributed by atoms with van der Waals surface area (Å²) in [4.78, 5) is 12.3. The fraction of sp³-hybridized carbons (Fsp3) is 0.529. The van der Waals surface area contributed by atoms with Gasteiger partial charge in [0.25, 0.3) is 5.91 Å². The summed E-state index contributed by atoms with van der Waals surface area (Å²) in [5, 5.41) is 21.3. The molecule has 0 aromatic heterocycles. The number of carbonyl (C=O) groups is 1. The second-order valence-electron chi connectivity index (χ2n) is 6.16. The Morgan fingerprint density at radius 3 is 2.82 bits per heavy atom. The van der Waals surface area contributed by atoms with E-state index in [0.29, 0.717) is 11.3 Å². The standard InChI is InChI=1S/C17H22N2O3/c1-12(22-14-7-5-13(10-18)6-8-14)16(21)19-15-4-3-9-17(15,2)11-20/h5-8,12,15,20H,3-4,9,11H2,1-2H3,(H,19,21). The van der Waals surface area contributed by atoms with Gasteiger partial charge in [-0.3, -0.25) is 4.79 Å². The van der Waals surface area contributed by atoms with E-state index in [-0.39, 0.29) is 24.0 Å². The number of hydrogen-bond acceptors (Lipinski definition) is 4. The molecule has 1 aromatic carbocycles. The Balaban J connectivity index is 1.93. The summed E-state index contributed by atoms with van der Waals surface area (Å²) in [5.74, 6) is 0.369. The van der Waals surface area contributed by atoms with Crippen LogP contribution in [0.15, 0.2) is 24.3 Å². The first-order valence-corrected chi connectivity index (χ1v) is 7.56. The molecule has 0 spiro atoms. The lowest BCUT2D eigenvalue weighted by molar-refractivity contribution is -0.128. The van der Waals surface area contributed by atoms with E-state index in [0.717, 1.165) is 19.3 Å². The molecule has 1 aromatic rings. The van der Waals surface area contributed by atoms with Crippen molar-refractivity contribution in [2.45, 2.75) is 45.3 Å². The number of benzene rings is 1. The highest BCUT2D eigenvalue weighted by molar-refractivity contribution is 5.81. The molecule has 2 rings (SSSR count). The van der Waals surface area contributed by atoms with Crippen molar-refractivity contribution in [3.05, 3.63) is 29.8 Å². The van der Waals surface area contributed by atoms with E-state index in [1.54, 1.807) is 31.2 Å². The first-order chi connectivity index (χ1) is 10.5. The van der Waals surface area contributed by atoms with Crippen LogP contribution in [-0.4, -0.2) is 29.8 Å². The van der Waals surface area contributed by atoms with Crippen molar-refractivity contribution < 1.29 is 14.6 Å². The summed E-state index contributed by atoms with van der Waals surface area (Å²) < 4.78 is 5.60. The van der Waals surface area contributed by atoms with Crippen LogP contribution < -0.4 is 10.1 Å². The maximum absolute atomic E-state index is 12.3. The monoisotopic (exact) mass is 302 g/mol. The van der Waals surface area contributed by atoms with Crippen LogP contribution >= 0.6 is 0 Å². The molecule has 3 unspecified atom stereocenters. The average Bonchev–Trinajstić information content (AvgIpc) is 2.89. The number of carbonyl (C=O) groups excluding carboxylic acids is 1. The van der Waals surface area contributed by atoms with Gasteiger partial charge >= 0.3 is 0 Å². The molecule has 22 heavy (non-hydrogen) atoms. The molecular weight excluding hydrogens is 280 g/mol. The summed E-state index contributed by atoms with van der Waals surface area (Å²) >= 11 is 0. The molecule has 2 N–H and O–H groups in total. The molecule has 1 amide bonds. The van der Waals surface area contributed by atoms with Gasteiger partial charge in [-0.2, -0.15) is 5.26 Å². The number of aliphatic hydroxyl groups excluding tert-OH is 1. The zero-order chi connectivity index (χ0) is 16.2. The fourth-order valence-corrected chi connectivity index (χ4v) is 2.82. The second-order valence-corrected chi connectivity index (χ2v) is 6.16.